The van der Waals surface area contributed by atoms with Gasteiger partial charge in [0.15, 0.2) is 0 Å². The van der Waals surface area contributed by atoms with Crippen LogP contribution in [0.2, 0.25) is 0 Å². The molecule has 0 N–H and O–H groups in total. The lowest BCUT2D eigenvalue weighted by Crippen LogP contribution is -1.91. The molecule has 0 saturated heterocycles. The maximum atomic E-state index is 2.39. The summed E-state index contributed by atoms with van der Waals surface area (Å²) in [6, 6.07) is 44.5. The van der Waals surface area contributed by atoms with E-state index in [1.165, 1.54) is 76.5 Å². The molecule has 0 aliphatic carbocycles. The van der Waals surface area contributed by atoms with Crippen molar-refractivity contribution in [3.63, 3.8) is 0 Å². The van der Waals surface area contributed by atoms with Crippen LogP contribution in [-0.4, -0.2) is 0 Å². The third-order valence-corrected chi connectivity index (χ3v) is 7.90. The molecule has 0 amide bonds. The summed E-state index contributed by atoms with van der Waals surface area (Å²) in [5, 5.41) is 10.5. The van der Waals surface area contributed by atoms with E-state index in [2.05, 4.69) is 135 Å². The molecule has 0 atom stereocenters. The van der Waals surface area contributed by atoms with E-state index in [4.69, 9.17) is 0 Å². The lowest BCUT2D eigenvalue weighted by atomic mass is 9.88. The number of aryl methyl sites for hydroxylation is 2. The summed E-state index contributed by atoms with van der Waals surface area (Å²) < 4.78 is 0. The van der Waals surface area contributed by atoms with Gasteiger partial charge in [0, 0.05) is 0 Å². The largest absolute Gasteiger partial charge is 0.0616 e. The van der Waals surface area contributed by atoms with Gasteiger partial charge in [-0.1, -0.05) is 109 Å². The van der Waals surface area contributed by atoms with Gasteiger partial charge in [-0.05, 0) is 102 Å². The number of hydrogen-bond acceptors (Lipinski definition) is 0. The molecule has 7 rings (SSSR count). The van der Waals surface area contributed by atoms with Crippen molar-refractivity contribution in [3.05, 3.63) is 132 Å². The fraction of sp³-hybridized carbons (Fsp3) is 0.0556. The molecular weight excluding hydrogens is 432 g/mol. The number of hydrogen-bond donors (Lipinski definition) is 0. The Labute approximate surface area is 211 Å². The van der Waals surface area contributed by atoms with E-state index in [0.29, 0.717) is 0 Å². The third kappa shape index (κ3) is 3.15. The van der Waals surface area contributed by atoms with Gasteiger partial charge in [0.1, 0.15) is 0 Å². The van der Waals surface area contributed by atoms with E-state index in [-0.39, 0.29) is 0 Å². The zero-order valence-corrected chi connectivity index (χ0v) is 20.5. The summed E-state index contributed by atoms with van der Waals surface area (Å²) in [4.78, 5) is 0. The van der Waals surface area contributed by atoms with Crippen LogP contribution in [0.4, 0.5) is 0 Å². The molecule has 0 bridgehead atoms. The number of benzene rings is 7. The van der Waals surface area contributed by atoms with Crippen LogP contribution in [0.3, 0.4) is 0 Å². The Morgan fingerprint density at radius 3 is 1.22 bits per heavy atom. The van der Waals surface area contributed by atoms with Crippen LogP contribution in [0, 0.1) is 13.8 Å². The maximum Gasteiger partial charge on any atom is -0.0102 e. The normalized spacial score (nSPS) is 11.6. The predicted molar refractivity (Wildman–Crippen MR) is 157 cm³/mol. The van der Waals surface area contributed by atoms with Crippen LogP contribution < -0.4 is 0 Å². The Balaban J connectivity index is 1.45. The summed E-state index contributed by atoms with van der Waals surface area (Å²) in [6.07, 6.45) is 0. The monoisotopic (exact) mass is 458 g/mol. The van der Waals surface area contributed by atoms with Gasteiger partial charge in [-0.2, -0.15) is 0 Å². The maximum absolute atomic E-state index is 2.39. The molecule has 0 unspecified atom stereocenters. The van der Waals surface area contributed by atoms with Crippen LogP contribution >= 0.6 is 0 Å². The van der Waals surface area contributed by atoms with E-state index in [9.17, 15) is 0 Å². The molecule has 170 valence electrons. The van der Waals surface area contributed by atoms with Gasteiger partial charge in [-0.25, -0.2) is 0 Å². The minimum Gasteiger partial charge on any atom is -0.0616 e. The van der Waals surface area contributed by atoms with Gasteiger partial charge in [0.05, 0.1) is 0 Å². The summed E-state index contributed by atoms with van der Waals surface area (Å²) in [5.41, 5.74) is 7.84. The molecule has 0 aromatic heterocycles. The molecule has 0 heterocycles. The van der Waals surface area contributed by atoms with Gasteiger partial charge in [0.25, 0.3) is 0 Å². The second-order valence-electron chi connectivity index (χ2n) is 9.82. The molecular formula is C36H26. The quantitative estimate of drug-likeness (QED) is 0.226. The van der Waals surface area contributed by atoms with E-state index < -0.39 is 0 Å². The molecule has 0 radical (unpaired) electrons. The molecule has 7 aromatic rings. The Kier molecular flexibility index (Phi) is 4.69. The molecule has 0 aliphatic heterocycles. The smallest absolute Gasteiger partial charge is 0.0102 e. The lowest BCUT2D eigenvalue weighted by Gasteiger charge is -2.16. The minimum absolute atomic E-state index is 1.27. The fourth-order valence-corrected chi connectivity index (χ4v) is 5.87. The van der Waals surface area contributed by atoms with Gasteiger partial charge in [0.2, 0.25) is 0 Å². The van der Waals surface area contributed by atoms with E-state index in [1.54, 1.807) is 0 Å². The van der Waals surface area contributed by atoms with Crippen molar-refractivity contribution < 1.29 is 0 Å². The first kappa shape index (κ1) is 20.9. The van der Waals surface area contributed by atoms with Crippen LogP contribution in [0.5, 0.6) is 0 Å². The van der Waals surface area contributed by atoms with E-state index in [1.807, 2.05) is 0 Å². The predicted octanol–water partition coefficient (Wildman–Crippen LogP) is 10.3. The van der Waals surface area contributed by atoms with Crippen molar-refractivity contribution in [2.75, 3.05) is 0 Å². The third-order valence-electron chi connectivity index (χ3n) is 7.90. The lowest BCUT2D eigenvalue weighted by molar-refractivity contribution is 1.41. The summed E-state index contributed by atoms with van der Waals surface area (Å²) >= 11 is 0. The second kappa shape index (κ2) is 8.07. The Bertz CT molecular complexity index is 1800. The topological polar surface area (TPSA) is 0 Å². The summed E-state index contributed by atoms with van der Waals surface area (Å²) in [5.74, 6) is 0. The average molecular weight is 459 g/mol. The van der Waals surface area contributed by atoms with Crippen molar-refractivity contribution in [2.45, 2.75) is 13.8 Å². The van der Waals surface area contributed by atoms with Gasteiger partial charge in [-0.3, -0.25) is 0 Å². The highest BCUT2D eigenvalue weighted by Crippen LogP contribution is 2.39. The molecule has 36 heavy (non-hydrogen) atoms. The molecule has 0 spiro atoms. The van der Waals surface area contributed by atoms with Crippen LogP contribution in [-0.2, 0) is 0 Å². The van der Waals surface area contributed by atoms with Crippen LogP contribution in [0.1, 0.15) is 11.1 Å². The van der Waals surface area contributed by atoms with Crippen molar-refractivity contribution in [2.24, 2.45) is 0 Å². The molecule has 0 aliphatic rings. The highest BCUT2D eigenvalue weighted by Gasteiger charge is 2.13. The first-order chi connectivity index (χ1) is 17.7. The van der Waals surface area contributed by atoms with Crippen molar-refractivity contribution in [1.29, 1.82) is 0 Å². The van der Waals surface area contributed by atoms with E-state index in [0.717, 1.165) is 0 Å². The Hall–Kier alpha value is -4.42. The first-order valence-electron chi connectivity index (χ1n) is 12.6. The van der Waals surface area contributed by atoms with Crippen molar-refractivity contribution in [1.82, 2.24) is 0 Å². The van der Waals surface area contributed by atoms with Gasteiger partial charge < -0.3 is 0 Å². The SMILES string of the molecule is Cc1c(C)c2cc(-c3cccc4ccccc34)ccc2c2ccc(-c3cccc4ccccc34)cc12. The molecule has 0 nitrogen and oxygen atoms in total. The molecule has 0 heteroatoms. The van der Waals surface area contributed by atoms with Crippen molar-refractivity contribution in [3.8, 4) is 22.3 Å². The second-order valence-corrected chi connectivity index (χ2v) is 9.82. The minimum atomic E-state index is 1.27. The molecule has 0 saturated carbocycles. The van der Waals surface area contributed by atoms with Crippen LogP contribution in [0.25, 0.3) is 65.3 Å². The summed E-state index contributed by atoms with van der Waals surface area (Å²) in [6.45, 7) is 4.54. The number of fused-ring (bicyclic) bond motifs is 5. The number of rotatable bonds is 2. The molecule has 7 aromatic carbocycles. The molecule has 0 fully saturated rings. The van der Waals surface area contributed by atoms with Crippen molar-refractivity contribution >= 4 is 43.1 Å². The Morgan fingerprint density at radius 2 is 0.750 bits per heavy atom. The van der Waals surface area contributed by atoms with Gasteiger partial charge >= 0.3 is 0 Å². The standard InChI is InChI=1S/C36H26/c1-23-24(2)36-22-28(32-16-8-12-26-10-4-6-14-30(26)32)18-20-34(36)33-19-17-27(21-35(23)33)31-15-7-11-25-9-3-5-13-29(25)31/h3-22H,1-2H3. The summed E-state index contributed by atoms with van der Waals surface area (Å²) in [7, 11) is 0. The average Bonchev–Trinajstić information content (AvgIpc) is 2.95. The first-order valence-corrected chi connectivity index (χ1v) is 12.6. The fourth-order valence-electron chi connectivity index (χ4n) is 5.87. The van der Waals surface area contributed by atoms with Crippen LogP contribution in [0.15, 0.2) is 121 Å². The van der Waals surface area contributed by atoms with Gasteiger partial charge in [-0.15, -0.1) is 0 Å². The zero-order valence-electron chi connectivity index (χ0n) is 20.5. The van der Waals surface area contributed by atoms with E-state index >= 15 is 0 Å². The zero-order chi connectivity index (χ0) is 24.2. The highest BCUT2D eigenvalue weighted by molar-refractivity contribution is 6.13. The Morgan fingerprint density at radius 1 is 0.333 bits per heavy atom. The highest BCUT2D eigenvalue weighted by atomic mass is 14.2.